The van der Waals surface area contributed by atoms with Gasteiger partial charge in [0.25, 0.3) is 0 Å². The van der Waals surface area contributed by atoms with Gasteiger partial charge >= 0.3 is 12.1 Å². The highest BCUT2D eigenvalue weighted by Gasteiger charge is 2.33. The fourth-order valence-electron chi connectivity index (χ4n) is 1.80. The van der Waals surface area contributed by atoms with Crippen molar-refractivity contribution < 1.29 is 33.0 Å². The number of carboxylic acid groups (broad SMARTS) is 1. The number of unbranched alkanes of at least 4 members (excludes halogenated alkanes) is 4. The van der Waals surface area contributed by atoms with E-state index in [1.54, 1.807) is 0 Å². The molecule has 0 saturated carbocycles. The van der Waals surface area contributed by atoms with Crippen LogP contribution in [0.4, 0.5) is 8.78 Å². The molecule has 0 amide bonds. The molecule has 0 heterocycles. The largest absolute Gasteiger partial charge is 0.541 e. The first-order valence-electron chi connectivity index (χ1n) is 7.42. The molecule has 23 heavy (non-hydrogen) atoms. The Labute approximate surface area is 133 Å². The fraction of sp³-hybridized carbons (Fsp3) is 0.500. The van der Waals surface area contributed by atoms with Crippen molar-refractivity contribution in [3.63, 3.8) is 0 Å². The lowest BCUT2D eigenvalue weighted by Gasteiger charge is -2.18. The van der Waals surface area contributed by atoms with Gasteiger partial charge in [0.05, 0.1) is 12.2 Å². The van der Waals surface area contributed by atoms with Crippen molar-refractivity contribution in [3.8, 4) is 5.75 Å². The number of hydrogen-bond donors (Lipinski definition) is 0. The van der Waals surface area contributed by atoms with Gasteiger partial charge in [0.2, 0.25) is 0 Å². The standard InChI is InChI=1S/C16H20F2O5/c1-2-3-4-5-6-11-22-14(19)12-7-9-13(10-8-12)23-16(17,18)15(20)21/h7-10H,2-6,11H2,1H3,(H,20,21)/p-1. The molecule has 0 aliphatic heterocycles. The number of esters is 1. The van der Waals surface area contributed by atoms with Crippen molar-refractivity contribution in [2.24, 2.45) is 0 Å². The van der Waals surface area contributed by atoms with E-state index in [4.69, 9.17) is 4.74 Å². The number of carboxylic acids is 1. The van der Waals surface area contributed by atoms with Crippen molar-refractivity contribution in [2.75, 3.05) is 6.61 Å². The topological polar surface area (TPSA) is 75.7 Å². The fourth-order valence-corrected chi connectivity index (χ4v) is 1.80. The molecule has 128 valence electrons. The van der Waals surface area contributed by atoms with E-state index in [1.165, 1.54) is 12.1 Å². The number of carbonyl (C=O) groups is 2. The van der Waals surface area contributed by atoms with Crippen LogP contribution in [0.3, 0.4) is 0 Å². The highest BCUT2D eigenvalue weighted by molar-refractivity contribution is 5.89. The molecule has 0 atom stereocenters. The third-order valence-corrected chi connectivity index (χ3v) is 3.05. The first-order chi connectivity index (χ1) is 10.9. The summed E-state index contributed by atoms with van der Waals surface area (Å²) >= 11 is 0. The van der Waals surface area contributed by atoms with Crippen LogP contribution in [0.5, 0.6) is 5.75 Å². The maximum absolute atomic E-state index is 12.8. The second-order valence-electron chi connectivity index (χ2n) is 4.98. The molecule has 0 saturated heterocycles. The molecular weight excluding hydrogens is 310 g/mol. The summed E-state index contributed by atoms with van der Waals surface area (Å²) in [6, 6.07) is 4.57. The Hall–Kier alpha value is -2.18. The molecule has 7 heteroatoms. The summed E-state index contributed by atoms with van der Waals surface area (Å²) in [6.07, 6.45) is 0.682. The predicted molar refractivity (Wildman–Crippen MR) is 76.1 cm³/mol. The van der Waals surface area contributed by atoms with Gasteiger partial charge in [0.15, 0.2) is 5.97 Å². The normalized spacial score (nSPS) is 11.1. The SMILES string of the molecule is CCCCCCCOC(=O)c1ccc(OC(F)(F)C(=O)[O-])cc1. The van der Waals surface area contributed by atoms with Crippen LogP contribution < -0.4 is 9.84 Å². The predicted octanol–water partition coefficient (Wildman–Crippen LogP) is 2.54. The van der Waals surface area contributed by atoms with Gasteiger partial charge in [-0.2, -0.15) is 8.78 Å². The first kappa shape index (κ1) is 18.9. The zero-order valence-corrected chi connectivity index (χ0v) is 12.8. The van der Waals surface area contributed by atoms with Crippen LogP contribution in [0.2, 0.25) is 0 Å². The van der Waals surface area contributed by atoms with E-state index in [9.17, 15) is 23.5 Å². The van der Waals surface area contributed by atoms with Crippen molar-refractivity contribution in [1.82, 2.24) is 0 Å². The van der Waals surface area contributed by atoms with Gasteiger partial charge in [0, 0.05) is 0 Å². The van der Waals surface area contributed by atoms with Gasteiger partial charge in [-0.3, -0.25) is 0 Å². The number of alkyl halides is 2. The smallest absolute Gasteiger partial charge is 0.441 e. The molecule has 1 rings (SSSR count). The molecule has 0 N–H and O–H groups in total. The molecule has 0 unspecified atom stereocenters. The maximum Gasteiger partial charge on any atom is 0.441 e. The molecule has 0 aliphatic rings. The van der Waals surface area contributed by atoms with Gasteiger partial charge < -0.3 is 19.4 Å². The van der Waals surface area contributed by atoms with Crippen molar-refractivity contribution in [1.29, 1.82) is 0 Å². The van der Waals surface area contributed by atoms with Gasteiger partial charge in [-0.05, 0) is 30.7 Å². The van der Waals surface area contributed by atoms with Crippen molar-refractivity contribution >= 4 is 11.9 Å². The number of hydrogen-bond acceptors (Lipinski definition) is 5. The van der Waals surface area contributed by atoms with E-state index in [0.29, 0.717) is 6.61 Å². The molecule has 5 nitrogen and oxygen atoms in total. The van der Waals surface area contributed by atoms with Crippen LogP contribution in [0.25, 0.3) is 0 Å². The average molecular weight is 329 g/mol. The van der Waals surface area contributed by atoms with E-state index in [0.717, 1.165) is 44.2 Å². The highest BCUT2D eigenvalue weighted by Crippen LogP contribution is 2.21. The summed E-state index contributed by atoms with van der Waals surface area (Å²) in [6.45, 7) is 2.40. The minimum Gasteiger partial charge on any atom is -0.541 e. The zero-order valence-electron chi connectivity index (χ0n) is 12.8. The minimum absolute atomic E-state index is 0.169. The van der Waals surface area contributed by atoms with E-state index in [-0.39, 0.29) is 5.56 Å². The summed E-state index contributed by atoms with van der Waals surface area (Å²) < 4.78 is 34.7. The third kappa shape index (κ3) is 6.63. The Balaban J connectivity index is 2.43. The Morgan fingerprint density at radius 1 is 1.09 bits per heavy atom. The molecule has 0 radical (unpaired) electrons. The lowest BCUT2D eigenvalue weighted by atomic mass is 10.2. The number of aliphatic carboxylic acids is 1. The van der Waals surface area contributed by atoms with Crippen LogP contribution in [-0.2, 0) is 9.53 Å². The molecule has 0 aromatic heterocycles. The van der Waals surface area contributed by atoms with Crippen LogP contribution in [0.15, 0.2) is 24.3 Å². The van der Waals surface area contributed by atoms with Crippen LogP contribution in [0.1, 0.15) is 49.4 Å². The van der Waals surface area contributed by atoms with E-state index < -0.39 is 23.8 Å². The lowest BCUT2D eigenvalue weighted by Crippen LogP contribution is -2.45. The minimum atomic E-state index is -4.43. The number of benzene rings is 1. The van der Waals surface area contributed by atoms with E-state index >= 15 is 0 Å². The summed E-state index contributed by atoms with van der Waals surface area (Å²) in [5.41, 5.74) is 0.169. The van der Waals surface area contributed by atoms with Gasteiger partial charge in [-0.1, -0.05) is 32.6 Å². The summed E-state index contributed by atoms with van der Waals surface area (Å²) in [4.78, 5) is 21.9. The zero-order chi connectivity index (χ0) is 17.3. The van der Waals surface area contributed by atoms with Gasteiger partial charge in [0.1, 0.15) is 5.75 Å². The van der Waals surface area contributed by atoms with E-state index in [1.807, 2.05) is 0 Å². The summed E-state index contributed by atoms with van der Waals surface area (Å²) in [7, 11) is 0. The number of carbonyl (C=O) groups excluding carboxylic acids is 2. The van der Waals surface area contributed by atoms with Gasteiger partial charge in [-0.25, -0.2) is 4.79 Å². The monoisotopic (exact) mass is 329 g/mol. The highest BCUT2D eigenvalue weighted by atomic mass is 19.3. The quantitative estimate of drug-likeness (QED) is 0.487. The summed E-state index contributed by atoms with van der Waals surface area (Å²) in [5.74, 6) is -3.60. The molecule has 0 bridgehead atoms. The second-order valence-corrected chi connectivity index (χ2v) is 4.98. The van der Waals surface area contributed by atoms with Crippen LogP contribution in [-0.4, -0.2) is 24.7 Å². The molecular formula is C16H19F2O5-. The molecule has 0 aliphatic carbocycles. The van der Waals surface area contributed by atoms with Crippen molar-refractivity contribution in [2.45, 2.75) is 45.1 Å². The summed E-state index contributed by atoms with van der Waals surface area (Å²) in [5, 5.41) is 10.2. The number of halogens is 2. The second kappa shape index (κ2) is 9.07. The number of rotatable bonds is 10. The first-order valence-corrected chi connectivity index (χ1v) is 7.42. The third-order valence-electron chi connectivity index (χ3n) is 3.05. The average Bonchev–Trinajstić information content (AvgIpc) is 2.50. The Kier molecular flexibility index (Phi) is 7.44. The van der Waals surface area contributed by atoms with Crippen molar-refractivity contribution in [3.05, 3.63) is 29.8 Å². The van der Waals surface area contributed by atoms with E-state index in [2.05, 4.69) is 11.7 Å². The number of ether oxygens (including phenoxy) is 2. The van der Waals surface area contributed by atoms with Gasteiger partial charge in [-0.15, -0.1) is 0 Å². The van der Waals surface area contributed by atoms with Crippen LogP contribution >= 0.6 is 0 Å². The Morgan fingerprint density at radius 3 is 2.26 bits per heavy atom. The lowest BCUT2D eigenvalue weighted by molar-refractivity contribution is -0.350. The molecule has 0 fully saturated rings. The molecule has 0 spiro atoms. The Bertz CT molecular complexity index is 514. The van der Waals surface area contributed by atoms with Crippen LogP contribution in [0, 0.1) is 0 Å². The Morgan fingerprint density at radius 2 is 1.70 bits per heavy atom. The molecule has 1 aromatic rings. The molecule has 1 aromatic carbocycles. The maximum atomic E-state index is 12.8.